The van der Waals surface area contributed by atoms with Crippen LogP contribution < -0.4 is 5.32 Å². The molecule has 0 spiro atoms. The van der Waals surface area contributed by atoms with Gasteiger partial charge >= 0.3 is 12.1 Å². The minimum Gasteiger partial charge on any atom is -0.465 e. The number of rotatable bonds is 4. The maximum atomic E-state index is 12.3. The van der Waals surface area contributed by atoms with Gasteiger partial charge in [-0.25, -0.2) is 9.97 Å². The Labute approximate surface area is 95.0 Å². The van der Waals surface area contributed by atoms with Gasteiger partial charge in [0.15, 0.2) is 0 Å². The van der Waals surface area contributed by atoms with Crippen LogP contribution in [0.4, 0.5) is 19.0 Å². The number of ether oxygens (including phenoxy) is 1. The second-order valence-corrected chi connectivity index (χ2v) is 2.94. The third-order valence-corrected chi connectivity index (χ3v) is 1.68. The lowest BCUT2D eigenvalue weighted by Crippen LogP contribution is -2.18. The average molecular weight is 249 g/mol. The predicted octanol–water partition coefficient (Wildman–Crippen LogP) is 1.47. The van der Waals surface area contributed by atoms with E-state index in [0.717, 1.165) is 12.4 Å². The third-order valence-electron chi connectivity index (χ3n) is 1.68. The zero-order chi connectivity index (χ0) is 12.9. The van der Waals surface area contributed by atoms with Crippen molar-refractivity contribution in [3.8, 4) is 0 Å². The molecule has 0 aliphatic heterocycles. The molecule has 0 aromatic carbocycles. The summed E-state index contributed by atoms with van der Waals surface area (Å²) in [4.78, 5) is 17.6. The van der Waals surface area contributed by atoms with Crippen molar-refractivity contribution in [2.45, 2.75) is 13.1 Å². The van der Waals surface area contributed by atoms with Crippen LogP contribution in [0.25, 0.3) is 0 Å². The van der Waals surface area contributed by atoms with Crippen LogP contribution in [0.2, 0.25) is 0 Å². The van der Waals surface area contributed by atoms with Gasteiger partial charge in [0.05, 0.1) is 6.61 Å². The van der Waals surface area contributed by atoms with Crippen molar-refractivity contribution in [1.82, 2.24) is 9.97 Å². The molecule has 0 aliphatic rings. The molecule has 0 saturated carbocycles. The highest BCUT2D eigenvalue weighted by Gasteiger charge is 2.32. The van der Waals surface area contributed by atoms with Crippen molar-refractivity contribution in [1.29, 1.82) is 0 Å². The fourth-order valence-electron chi connectivity index (χ4n) is 0.984. The second-order valence-electron chi connectivity index (χ2n) is 2.94. The number of hydrogen-bond donors (Lipinski definition) is 1. The van der Waals surface area contributed by atoms with Crippen LogP contribution in [0.1, 0.15) is 12.6 Å². The molecule has 0 fully saturated rings. The van der Waals surface area contributed by atoms with Crippen molar-refractivity contribution >= 4 is 11.8 Å². The molecular weight excluding hydrogens is 239 g/mol. The topological polar surface area (TPSA) is 64.1 Å². The molecule has 8 heteroatoms. The number of nitrogens with zero attached hydrogens (tertiary/aromatic N) is 2. The van der Waals surface area contributed by atoms with E-state index in [2.05, 4.69) is 20.0 Å². The summed E-state index contributed by atoms with van der Waals surface area (Å²) in [7, 11) is 0. The zero-order valence-electron chi connectivity index (χ0n) is 8.91. The smallest absolute Gasteiger partial charge is 0.433 e. The minimum absolute atomic E-state index is 0.0830. The molecule has 0 saturated heterocycles. The normalized spacial score (nSPS) is 11.1. The van der Waals surface area contributed by atoms with Crippen LogP contribution in [0, 0.1) is 0 Å². The van der Waals surface area contributed by atoms with Crippen molar-refractivity contribution in [2.24, 2.45) is 0 Å². The zero-order valence-corrected chi connectivity index (χ0v) is 8.91. The summed E-state index contributed by atoms with van der Waals surface area (Å²) in [5.41, 5.74) is -1.07. The van der Waals surface area contributed by atoms with Crippen LogP contribution >= 0.6 is 0 Å². The number of esters is 1. The molecule has 0 atom stereocenters. The van der Waals surface area contributed by atoms with Gasteiger partial charge in [-0.3, -0.25) is 4.79 Å². The third kappa shape index (κ3) is 4.25. The number of nitrogens with one attached hydrogen (secondary N) is 1. The van der Waals surface area contributed by atoms with Gasteiger partial charge in [0.2, 0.25) is 0 Å². The van der Waals surface area contributed by atoms with Gasteiger partial charge in [0.1, 0.15) is 24.4 Å². The number of carbonyl (C=O) groups is 1. The fraction of sp³-hybridized carbons (Fsp3) is 0.444. The van der Waals surface area contributed by atoms with E-state index in [-0.39, 0.29) is 19.0 Å². The lowest BCUT2D eigenvalue weighted by Gasteiger charge is -2.08. The predicted molar refractivity (Wildman–Crippen MR) is 52.2 cm³/mol. The lowest BCUT2D eigenvalue weighted by atomic mass is 10.4. The average Bonchev–Trinajstić information content (AvgIpc) is 2.26. The molecule has 1 N–H and O–H groups in total. The minimum atomic E-state index is -4.54. The molecule has 1 aromatic rings. The molecule has 1 aromatic heterocycles. The molecule has 0 radical (unpaired) electrons. The first-order chi connectivity index (χ1) is 7.93. The summed E-state index contributed by atoms with van der Waals surface area (Å²) in [5.74, 6) is -0.653. The van der Waals surface area contributed by atoms with Gasteiger partial charge in [-0.15, -0.1) is 0 Å². The van der Waals surface area contributed by atoms with Crippen LogP contribution in [0.3, 0.4) is 0 Å². The number of halogens is 3. The van der Waals surface area contributed by atoms with E-state index in [1.807, 2.05) is 0 Å². The Morgan fingerprint density at radius 1 is 1.47 bits per heavy atom. The van der Waals surface area contributed by atoms with E-state index < -0.39 is 17.8 Å². The molecule has 1 rings (SSSR count). The van der Waals surface area contributed by atoms with Gasteiger partial charge in [0.25, 0.3) is 0 Å². The van der Waals surface area contributed by atoms with E-state index in [1.165, 1.54) is 0 Å². The van der Waals surface area contributed by atoms with Crippen molar-refractivity contribution in [3.05, 3.63) is 18.1 Å². The van der Waals surface area contributed by atoms with Crippen molar-refractivity contribution < 1.29 is 22.7 Å². The van der Waals surface area contributed by atoms with E-state index >= 15 is 0 Å². The fourth-order valence-corrected chi connectivity index (χ4v) is 0.984. The monoisotopic (exact) mass is 249 g/mol. The molecule has 0 amide bonds. The number of hydrogen-bond acceptors (Lipinski definition) is 5. The summed E-state index contributed by atoms with van der Waals surface area (Å²) in [6.07, 6.45) is -3.76. The molecular formula is C9H10F3N3O2. The maximum Gasteiger partial charge on any atom is 0.433 e. The van der Waals surface area contributed by atoms with Gasteiger partial charge in [-0.05, 0) is 6.92 Å². The Bertz CT molecular complexity index is 395. The maximum absolute atomic E-state index is 12.3. The SMILES string of the molecule is CCOC(=O)CNc1cc(C(F)(F)F)ncn1. The Morgan fingerprint density at radius 3 is 2.76 bits per heavy atom. The summed E-state index contributed by atoms with van der Waals surface area (Å²) in [6.45, 7) is 1.59. The van der Waals surface area contributed by atoms with Crippen LogP contribution in [0.15, 0.2) is 12.4 Å². The summed E-state index contributed by atoms with van der Waals surface area (Å²) >= 11 is 0. The van der Waals surface area contributed by atoms with Crippen molar-refractivity contribution in [3.63, 3.8) is 0 Å². The quantitative estimate of drug-likeness (QED) is 0.818. The molecule has 5 nitrogen and oxygen atoms in total. The molecule has 1 heterocycles. The second kappa shape index (κ2) is 5.46. The van der Waals surface area contributed by atoms with Gasteiger partial charge in [-0.1, -0.05) is 0 Å². The lowest BCUT2D eigenvalue weighted by molar-refractivity contribution is -0.141. The number of aromatic nitrogens is 2. The standard InChI is InChI=1S/C9H10F3N3O2/c1-2-17-8(16)4-13-7-3-6(9(10,11)12)14-5-15-7/h3,5H,2,4H2,1H3,(H,13,14,15). The molecule has 94 valence electrons. The number of anilines is 1. The largest absolute Gasteiger partial charge is 0.465 e. The van der Waals surface area contributed by atoms with E-state index in [9.17, 15) is 18.0 Å². The Balaban J connectivity index is 2.64. The van der Waals surface area contributed by atoms with E-state index in [0.29, 0.717) is 0 Å². The number of alkyl halides is 3. The summed E-state index contributed by atoms with van der Waals surface area (Å²) < 4.78 is 41.4. The van der Waals surface area contributed by atoms with E-state index in [4.69, 9.17) is 0 Å². The van der Waals surface area contributed by atoms with Crippen LogP contribution in [-0.2, 0) is 15.7 Å². The first-order valence-corrected chi connectivity index (χ1v) is 4.72. The highest BCUT2D eigenvalue weighted by molar-refractivity contribution is 5.74. The Hall–Kier alpha value is -1.86. The highest BCUT2D eigenvalue weighted by Crippen LogP contribution is 2.27. The Morgan fingerprint density at radius 2 is 2.18 bits per heavy atom. The van der Waals surface area contributed by atoms with Gasteiger partial charge in [-0.2, -0.15) is 13.2 Å². The molecule has 0 unspecified atom stereocenters. The highest BCUT2D eigenvalue weighted by atomic mass is 19.4. The van der Waals surface area contributed by atoms with Crippen LogP contribution in [-0.4, -0.2) is 29.1 Å². The van der Waals surface area contributed by atoms with Crippen molar-refractivity contribution in [2.75, 3.05) is 18.5 Å². The van der Waals surface area contributed by atoms with Crippen LogP contribution in [0.5, 0.6) is 0 Å². The van der Waals surface area contributed by atoms with E-state index in [1.54, 1.807) is 6.92 Å². The molecule has 0 aliphatic carbocycles. The number of carbonyl (C=O) groups excluding carboxylic acids is 1. The molecule has 0 bridgehead atoms. The first kappa shape index (κ1) is 13.2. The Kier molecular flexibility index (Phi) is 4.24. The molecule has 17 heavy (non-hydrogen) atoms. The summed E-state index contributed by atoms with van der Waals surface area (Å²) in [6, 6.07) is 0.721. The van der Waals surface area contributed by atoms with Gasteiger partial charge in [0, 0.05) is 6.07 Å². The van der Waals surface area contributed by atoms with Gasteiger partial charge < -0.3 is 10.1 Å². The first-order valence-electron chi connectivity index (χ1n) is 4.72. The summed E-state index contributed by atoms with van der Waals surface area (Å²) in [5, 5.41) is 2.42.